The Bertz CT molecular complexity index is 661. The molecule has 2 aromatic rings. The molecule has 1 unspecified atom stereocenters. The smallest absolute Gasteiger partial charge is 0.241 e. The summed E-state index contributed by atoms with van der Waals surface area (Å²) >= 11 is 0. The third-order valence-corrected chi connectivity index (χ3v) is 4.79. The van der Waals surface area contributed by atoms with E-state index in [2.05, 4.69) is 28.8 Å². The fraction of sp³-hybridized carbons (Fsp3) is 0.400. The first-order chi connectivity index (χ1) is 9.88. The number of nitrogens with one attached hydrogen (secondary N) is 2. The molecule has 2 N–H and O–H groups in total. The average molecular weight is 307 g/mol. The number of rotatable bonds is 6. The Morgan fingerprint density at radius 3 is 2.38 bits per heavy atom. The van der Waals surface area contributed by atoms with Crippen molar-refractivity contribution in [1.82, 2.24) is 14.9 Å². The van der Waals surface area contributed by atoms with Crippen molar-refractivity contribution in [2.45, 2.75) is 38.1 Å². The van der Waals surface area contributed by atoms with E-state index in [1.54, 1.807) is 31.5 Å². The number of hydrogen-bond acceptors (Lipinski definition) is 3. The fourth-order valence-electron chi connectivity index (χ4n) is 2.14. The van der Waals surface area contributed by atoms with Crippen LogP contribution in [0.1, 0.15) is 37.9 Å². The first-order valence-electron chi connectivity index (χ1n) is 6.98. The van der Waals surface area contributed by atoms with Crippen molar-refractivity contribution < 1.29 is 8.42 Å². The maximum Gasteiger partial charge on any atom is 0.241 e. The van der Waals surface area contributed by atoms with Gasteiger partial charge in [-0.15, -0.1) is 0 Å². The maximum atomic E-state index is 12.3. The number of sulfonamides is 1. The molecular formula is C15H21N3O2S. The van der Waals surface area contributed by atoms with Crippen LogP contribution in [0.15, 0.2) is 41.6 Å². The number of H-pyrrole nitrogens is 1. The Kier molecular flexibility index (Phi) is 4.80. The second-order valence-corrected chi connectivity index (χ2v) is 7.33. The molecule has 6 heteroatoms. The third-order valence-electron chi connectivity index (χ3n) is 3.23. The molecule has 1 atom stereocenters. The summed E-state index contributed by atoms with van der Waals surface area (Å²) in [5.74, 6) is 0.548. The summed E-state index contributed by atoms with van der Waals surface area (Å²) in [6.45, 7) is 6.06. The highest BCUT2D eigenvalue weighted by Crippen LogP contribution is 2.17. The molecule has 0 bridgehead atoms. The predicted molar refractivity (Wildman–Crippen MR) is 82.3 cm³/mol. The minimum Gasteiger partial charge on any atom is -0.285 e. The van der Waals surface area contributed by atoms with Crippen LogP contribution >= 0.6 is 0 Å². The van der Waals surface area contributed by atoms with E-state index in [0.29, 0.717) is 5.92 Å². The molecule has 0 fully saturated rings. The lowest BCUT2D eigenvalue weighted by Gasteiger charge is -2.13. The van der Waals surface area contributed by atoms with Crippen molar-refractivity contribution in [3.8, 4) is 0 Å². The number of aromatic nitrogens is 2. The predicted octanol–water partition coefficient (Wildman–Crippen LogP) is 2.65. The highest BCUT2D eigenvalue weighted by Gasteiger charge is 2.18. The van der Waals surface area contributed by atoms with Crippen molar-refractivity contribution in [2.24, 2.45) is 5.92 Å². The van der Waals surface area contributed by atoms with Gasteiger partial charge in [0, 0.05) is 17.8 Å². The molecule has 0 amide bonds. The molecule has 114 valence electrons. The largest absolute Gasteiger partial charge is 0.285 e. The second-order valence-electron chi connectivity index (χ2n) is 5.62. The lowest BCUT2D eigenvalue weighted by atomic mass is 10.0. The van der Waals surface area contributed by atoms with Gasteiger partial charge >= 0.3 is 0 Å². The van der Waals surface area contributed by atoms with Gasteiger partial charge in [-0.25, -0.2) is 13.1 Å². The zero-order valence-electron chi connectivity index (χ0n) is 12.5. The third kappa shape index (κ3) is 4.15. The minimum absolute atomic E-state index is 0.283. The van der Waals surface area contributed by atoms with Gasteiger partial charge in [-0.2, -0.15) is 5.10 Å². The first-order valence-corrected chi connectivity index (χ1v) is 8.47. The molecule has 21 heavy (non-hydrogen) atoms. The van der Waals surface area contributed by atoms with Gasteiger partial charge in [0.05, 0.1) is 11.1 Å². The van der Waals surface area contributed by atoms with Crippen LogP contribution in [0.2, 0.25) is 0 Å². The Morgan fingerprint density at radius 2 is 1.86 bits per heavy atom. The van der Waals surface area contributed by atoms with Crippen LogP contribution in [0.5, 0.6) is 0 Å². The molecule has 0 aliphatic rings. The zero-order valence-corrected chi connectivity index (χ0v) is 13.3. The van der Waals surface area contributed by atoms with Crippen molar-refractivity contribution in [1.29, 1.82) is 0 Å². The van der Waals surface area contributed by atoms with E-state index in [9.17, 15) is 8.42 Å². The summed E-state index contributed by atoms with van der Waals surface area (Å²) < 4.78 is 27.3. The van der Waals surface area contributed by atoms with Crippen LogP contribution in [0.4, 0.5) is 0 Å². The molecule has 0 aliphatic heterocycles. The highest BCUT2D eigenvalue weighted by molar-refractivity contribution is 7.89. The highest BCUT2D eigenvalue weighted by atomic mass is 32.2. The molecular weight excluding hydrogens is 286 g/mol. The van der Waals surface area contributed by atoms with Gasteiger partial charge in [0.2, 0.25) is 10.0 Å². The van der Waals surface area contributed by atoms with Gasteiger partial charge in [-0.1, -0.05) is 26.0 Å². The summed E-state index contributed by atoms with van der Waals surface area (Å²) in [7, 11) is -3.52. The second kappa shape index (κ2) is 6.41. The standard InChI is InChI=1S/C15H21N3O2S/c1-11(2)8-13-4-6-15(7-5-13)21(19,20)18-12(3)14-9-16-17-10-14/h4-7,9-12,18H,8H2,1-3H3,(H,16,17). The minimum atomic E-state index is -3.52. The van der Waals surface area contributed by atoms with Crippen molar-refractivity contribution in [3.63, 3.8) is 0 Å². The fourth-order valence-corrected chi connectivity index (χ4v) is 3.37. The first kappa shape index (κ1) is 15.7. The SMILES string of the molecule is CC(C)Cc1ccc(S(=O)(=O)NC(C)c2cn[nH]c2)cc1. The Balaban J connectivity index is 2.12. The van der Waals surface area contributed by atoms with E-state index in [4.69, 9.17) is 0 Å². The molecule has 5 nitrogen and oxygen atoms in total. The molecule has 2 rings (SSSR count). The van der Waals surface area contributed by atoms with Crippen molar-refractivity contribution in [2.75, 3.05) is 0 Å². The van der Waals surface area contributed by atoms with Crippen LogP contribution in [0.3, 0.4) is 0 Å². The van der Waals surface area contributed by atoms with Gasteiger partial charge in [0.25, 0.3) is 0 Å². The van der Waals surface area contributed by atoms with Gasteiger partial charge in [-0.3, -0.25) is 5.10 Å². The van der Waals surface area contributed by atoms with Crippen LogP contribution in [-0.4, -0.2) is 18.6 Å². The van der Waals surface area contributed by atoms with Crippen LogP contribution < -0.4 is 4.72 Å². The average Bonchev–Trinajstić information content (AvgIpc) is 2.92. The molecule has 1 aromatic heterocycles. The van der Waals surface area contributed by atoms with E-state index >= 15 is 0 Å². The summed E-state index contributed by atoms with van der Waals surface area (Å²) in [6.07, 6.45) is 4.23. The number of benzene rings is 1. The number of aromatic amines is 1. The Labute approximate surface area is 125 Å². The summed E-state index contributed by atoms with van der Waals surface area (Å²) in [4.78, 5) is 0.283. The summed E-state index contributed by atoms with van der Waals surface area (Å²) in [5, 5.41) is 6.50. The van der Waals surface area contributed by atoms with E-state index in [0.717, 1.165) is 17.5 Å². The monoisotopic (exact) mass is 307 g/mol. The topological polar surface area (TPSA) is 74.8 Å². The van der Waals surface area contributed by atoms with Crippen LogP contribution in [0, 0.1) is 5.92 Å². The number of hydrogen-bond donors (Lipinski definition) is 2. The van der Waals surface area contributed by atoms with Gasteiger partial charge in [-0.05, 0) is 37.0 Å². The van der Waals surface area contributed by atoms with Crippen molar-refractivity contribution >= 4 is 10.0 Å². The van der Waals surface area contributed by atoms with Gasteiger partial charge < -0.3 is 0 Å². The molecule has 0 saturated heterocycles. The lowest BCUT2D eigenvalue weighted by molar-refractivity contribution is 0.567. The number of nitrogens with zero attached hydrogens (tertiary/aromatic N) is 1. The van der Waals surface area contributed by atoms with Crippen LogP contribution in [-0.2, 0) is 16.4 Å². The molecule has 0 aliphatic carbocycles. The lowest BCUT2D eigenvalue weighted by Crippen LogP contribution is -2.26. The maximum absolute atomic E-state index is 12.3. The van der Waals surface area contributed by atoms with E-state index in [-0.39, 0.29) is 10.9 Å². The molecule has 1 aromatic carbocycles. The Hall–Kier alpha value is -1.66. The van der Waals surface area contributed by atoms with E-state index in [1.807, 2.05) is 12.1 Å². The molecule has 0 spiro atoms. The quantitative estimate of drug-likeness (QED) is 0.861. The molecule has 1 heterocycles. The van der Waals surface area contributed by atoms with E-state index < -0.39 is 10.0 Å². The van der Waals surface area contributed by atoms with Crippen molar-refractivity contribution in [3.05, 3.63) is 47.8 Å². The Morgan fingerprint density at radius 1 is 1.19 bits per heavy atom. The van der Waals surface area contributed by atoms with Crippen LogP contribution in [0.25, 0.3) is 0 Å². The zero-order chi connectivity index (χ0) is 15.5. The summed E-state index contributed by atoms with van der Waals surface area (Å²) in [6, 6.07) is 6.72. The molecule has 0 radical (unpaired) electrons. The van der Waals surface area contributed by atoms with Gasteiger partial charge in [0.15, 0.2) is 0 Å². The van der Waals surface area contributed by atoms with Gasteiger partial charge in [0.1, 0.15) is 0 Å². The normalized spacial score (nSPS) is 13.5. The van der Waals surface area contributed by atoms with E-state index in [1.165, 1.54) is 0 Å². The summed E-state index contributed by atoms with van der Waals surface area (Å²) in [5.41, 5.74) is 1.95. The molecule has 0 saturated carbocycles.